The van der Waals surface area contributed by atoms with Crippen LogP contribution in [0, 0.1) is 23.0 Å². The van der Waals surface area contributed by atoms with Gasteiger partial charge in [0.05, 0.1) is 10.3 Å². The number of aryl methyl sites for hydroxylation is 2. The highest BCUT2D eigenvalue weighted by atomic mass is 32.1. The Morgan fingerprint density at radius 3 is 3.00 bits per heavy atom. The Morgan fingerprint density at radius 2 is 2.24 bits per heavy atom. The summed E-state index contributed by atoms with van der Waals surface area (Å²) in [5.74, 6) is 0.637. The van der Waals surface area contributed by atoms with Gasteiger partial charge in [0.25, 0.3) is 11.2 Å². The van der Waals surface area contributed by atoms with Gasteiger partial charge in [-0.3, -0.25) is 24.3 Å². The van der Waals surface area contributed by atoms with E-state index in [-0.39, 0.29) is 17.8 Å². The molecule has 0 saturated carbocycles. The summed E-state index contributed by atoms with van der Waals surface area (Å²) in [4.78, 5) is 42.6. The number of carbonyl (C=O) groups is 1. The minimum absolute atomic E-state index is 0.113. The third-order valence-corrected chi connectivity index (χ3v) is 6.40. The van der Waals surface area contributed by atoms with E-state index in [0.29, 0.717) is 22.8 Å². The number of fused-ring (bicyclic) bond motifs is 3. The van der Waals surface area contributed by atoms with Crippen LogP contribution in [-0.4, -0.2) is 20.4 Å². The number of hydrogen-bond donors (Lipinski definition) is 1. The van der Waals surface area contributed by atoms with Gasteiger partial charge in [0, 0.05) is 22.7 Å². The topological polar surface area (TPSA) is 107 Å². The van der Waals surface area contributed by atoms with E-state index in [1.807, 2.05) is 0 Å². The molecule has 0 radical (unpaired) electrons. The van der Waals surface area contributed by atoms with Crippen molar-refractivity contribution in [1.29, 1.82) is 0 Å². The van der Waals surface area contributed by atoms with E-state index in [9.17, 15) is 19.7 Å². The predicted octanol–water partition coefficient (Wildman–Crippen LogP) is 3.44. The molecule has 0 aliphatic heterocycles. The quantitative estimate of drug-likeness (QED) is 0.522. The highest BCUT2D eigenvalue weighted by Crippen LogP contribution is 2.35. The molecule has 0 spiro atoms. The van der Waals surface area contributed by atoms with Crippen LogP contribution in [0.25, 0.3) is 10.2 Å². The largest absolute Gasteiger partial charge is 0.324 e. The molecule has 1 aliphatic rings. The van der Waals surface area contributed by atoms with Gasteiger partial charge in [-0.1, -0.05) is 13.0 Å². The Kier molecular flexibility index (Phi) is 4.91. The zero-order valence-electron chi connectivity index (χ0n) is 16.1. The zero-order valence-corrected chi connectivity index (χ0v) is 16.9. The summed E-state index contributed by atoms with van der Waals surface area (Å²) in [5, 5.41) is 14.1. The van der Waals surface area contributed by atoms with Gasteiger partial charge >= 0.3 is 0 Å². The van der Waals surface area contributed by atoms with Crippen LogP contribution >= 0.6 is 11.3 Å². The van der Waals surface area contributed by atoms with Crippen molar-refractivity contribution in [2.45, 2.75) is 39.7 Å². The maximum atomic E-state index is 13.2. The van der Waals surface area contributed by atoms with E-state index < -0.39 is 10.8 Å². The van der Waals surface area contributed by atoms with Crippen LogP contribution in [0.3, 0.4) is 0 Å². The minimum atomic E-state index is -0.525. The first-order chi connectivity index (χ1) is 13.8. The van der Waals surface area contributed by atoms with Crippen molar-refractivity contribution in [3.05, 3.63) is 61.0 Å². The second kappa shape index (κ2) is 7.40. The molecule has 1 atom stereocenters. The van der Waals surface area contributed by atoms with Gasteiger partial charge in [-0.05, 0) is 43.7 Å². The van der Waals surface area contributed by atoms with Crippen LogP contribution in [-0.2, 0) is 24.2 Å². The lowest BCUT2D eigenvalue weighted by molar-refractivity contribution is -0.384. The Hall–Kier alpha value is -3.07. The molecule has 2 aromatic heterocycles. The third-order valence-electron chi connectivity index (χ3n) is 5.25. The second-order valence-corrected chi connectivity index (χ2v) is 8.52. The molecule has 0 saturated heterocycles. The highest BCUT2D eigenvalue weighted by molar-refractivity contribution is 7.18. The van der Waals surface area contributed by atoms with Crippen LogP contribution in [0.1, 0.15) is 29.6 Å². The third kappa shape index (κ3) is 3.65. The van der Waals surface area contributed by atoms with Crippen molar-refractivity contribution < 1.29 is 9.72 Å². The van der Waals surface area contributed by atoms with E-state index in [1.54, 1.807) is 24.3 Å². The molecule has 1 aromatic carbocycles. The van der Waals surface area contributed by atoms with Gasteiger partial charge < -0.3 is 5.32 Å². The standard InChI is InChI=1S/C20H20N4O4S/c1-11-6-7-15-16(8-11)29-19-18(15)20(26)23(12(2)21-19)10-17(25)22-13-4-3-5-14(9-13)24(27)28/h3-5,9,11H,6-8,10H2,1-2H3,(H,22,25). The van der Waals surface area contributed by atoms with Crippen molar-refractivity contribution >= 4 is 38.8 Å². The number of amides is 1. The van der Waals surface area contributed by atoms with Crippen molar-refractivity contribution in [3.63, 3.8) is 0 Å². The van der Waals surface area contributed by atoms with Crippen LogP contribution in [0.4, 0.5) is 11.4 Å². The number of anilines is 1. The lowest BCUT2D eigenvalue weighted by Crippen LogP contribution is -2.30. The lowest BCUT2D eigenvalue weighted by atomic mass is 9.89. The number of hydrogen-bond acceptors (Lipinski definition) is 6. The fraction of sp³-hybridized carbons (Fsp3) is 0.350. The number of non-ortho nitro benzene ring substituents is 1. The average Bonchev–Trinajstić information content (AvgIpc) is 3.02. The number of nitrogens with zero attached hydrogens (tertiary/aromatic N) is 3. The summed E-state index contributed by atoms with van der Waals surface area (Å²) < 4.78 is 1.38. The van der Waals surface area contributed by atoms with Crippen molar-refractivity contribution in [2.24, 2.45) is 5.92 Å². The normalized spacial score (nSPS) is 15.9. The second-order valence-electron chi connectivity index (χ2n) is 7.44. The molecule has 2 heterocycles. The number of nitrogens with one attached hydrogen (secondary N) is 1. The van der Waals surface area contributed by atoms with E-state index in [0.717, 1.165) is 29.7 Å². The molecule has 150 valence electrons. The molecular weight excluding hydrogens is 392 g/mol. The number of carbonyl (C=O) groups excluding carboxylic acids is 1. The molecule has 1 aliphatic carbocycles. The highest BCUT2D eigenvalue weighted by Gasteiger charge is 2.24. The zero-order chi connectivity index (χ0) is 20.7. The Bertz CT molecular complexity index is 1200. The molecule has 8 nitrogen and oxygen atoms in total. The smallest absolute Gasteiger partial charge is 0.271 e. The van der Waals surface area contributed by atoms with Gasteiger partial charge in [0.1, 0.15) is 17.2 Å². The van der Waals surface area contributed by atoms with E-state index in [2.05, 4.69) is 17.2 Å². The van der Waals surface area contributed by atoms with Crippen molar-refractivity contribution in [2.75, 3.05) is 5.32 Å². The fourth-order valence-electron chi connectivity index (χ4n) is 3.75. The molecule has 1 amide bonds. The van der Waals surface area contributed by atoms with Crippen molar-refractivity contribution in [1.82, 2.24) is 9.55 Å². The number of benzene rings is 1. The maximum Gasteiger partial charge on any atom is 0.271 e. The first kappa shape index (κ1) is 19.3. The number of aromatic nitrogens is 2. The molecular formula is C20H20N4O4S. The molecule has 1 unspecified atom stereocenters. The van der Waals surface area contributed by atoms with E-state index in [4.69, 9.17) is 0 Å². The summed E-state index contributed by atoms with van der Waals surface area (Å²) in [7, 11) is 0. The summed E-state index contributed by atoms with van der Waals surface area (Å²) in [6.07, 6.45) is 2.86. The van der Waals surface area contributed by atoms with Crippen LogP contribution in [0.5, 0.6) is 0 Å². The molecule has 9 heteroatoms. The van der Waals surface area contributed by atoms with Gasteiger partial charge in [0.2, 0.25) is 5.91 Å². The predicted molar refractivity (Wildman–Crippen MR) is 112 cm³/mol. The first-order valence-electron chi connectivity index (χ1n) is 9.39. The maximum absolute atomic E-state index is 13.2. The number of nitro benzene ring substituents is 1. The lowest BCUT2D eigenvalue weighted by Gasteiger charge is -2.17. The number of nitro groups is 1. The molecule has 4 rings (SSSR count). The van der Waals surface area contributed by atoms with Gasteiger partial charge in [-0.2, -0.15) is 0 Å². The van der Waals surface area contributed by atoms with Crippen LogP contribution in [0.15, 0.2) is 29.1 Å². The minimum Gasteiger partial charge on any atom is -0.324 e. The molecule has 0 fully saturated rings. The van der Waals surface area contributed by atoms with E-state index >= 15 is 0 Å². The SMILES string of the molecule is Cc1nc2sc3c(c2c(=O)n1CC(=O)Nc1cccc([N+](=O)[O-])c1)CCC(C)C3. The number of rotatable bonds is 4. The van der Waals surface area contributed by atoms with Gasteiger partial charge in [-0.15, -0.1) is 11.3 Å². The summed E-state index contributed by atoms with van der Waals surface area (Å²) in [5.41, 5.74) is 1.08. The van der Waals surface area contributed by atoms with Crippen molar-refractivity contribution in [3.8, 4) is 0 Å². The Morgan fingerprint density at radius 1 is 1.45 bits per heavy atom. The van der Waals surface area contributed by atoms with Crippen LogP contribution < -0.4 is 10.9 Å². The monoisotopic (exact) mass is 412 g/mol. The van der Waals surface area contributed by atoms with Gasteiger partial charge in [-0.25, -0.2) is 4.98 Å². The van der Waals surface area contributed by atoms with Gasteiger partial charge in [0.15, 0.2) is 0 Å². The average molecular weight is 412 g/mol. The summed E-state index contributed by atoms with van der Waals surface area (Å²) in [6, 6.07) is 5.70. The molecule has 0 bridgehead atoms. The molecule has 3 aromatic rings. The first-order valence-corrected chi connectivity index (χ1v) is 10.2. The molecule has 1 N–H and O–H groups in total. The fourth-order valence-corrected chi connectivity index (χ4v) is 5.17. The number of thiophene rings is 1. The summed E-state index contributed by atoms with van der Waals surface area (Å²) in [6.45, 7) is 3.72. The van der Waals surface area contributed by atoms with E-state index in [1.165, 1.54) is 27.6 Å². The van der Waals surface area contributed by atoms with Crippen LogP contribution in [0.2, 0.25) is 0 Å². The molecule has 29 heavy (non-hydrogen) atoms. The summed E-state index contributed by atoms with van der Waals surface area (Å²) >= 11 is 1.58. The Balaban J connectivity index is 1.64. The Labute approximate surface area is 170 Å².